The molecule has 0 saturated carbocycles. The fraction of sp³-hybridized carbons (Fsp3) is 0.182. The number of hydrogen-bond donors (Lipinski definition) is 2. The molecular formula is C22H19N3O3. The molecular weight excluding hydrogens is 354 g/mol. The Balaban J connectivity index is 1.54. The van der Waals surface area contributed by atoms with Gasteiger partial charge in [-0.15, -0.1) is 0 Å². The minimum absolute atomic E-state index is 0.190. The van der Waals surface area contributed by atoms with E-state index in [-0.39, 0.29) is 11.7 Å². The van der Waals surface area contributed by atoms with E-state index in [1.54, 1.807) is 13.1 Å². The summed E-state index contributed by atoms with van der Waals surface area (Å²) in [5.74, 6) is -0.168. The zero-order chi connectivity index (χ0) is 19.3. The number of fused-ring (bicyclic) bond motifs is 1. The highest BCUT2D eigenvalue weighted by Crippen LogP contribution is 2.36. The van der Waals surface area contributed by atoms with E-state index in [0.29, 0.717) is 18.7 Å². The Morgan fingerprint density at radius 3 is 2.79 bits per heavy atom. The van der Waals surface area contributed by atoms with Gasteiger partial charge < -0.3 is 19.5 Å². The fourth-order valence-corrected chi connectivity index (χ4v) is 3.87. The molecule has 1 atom stereocenters. The first-order valence-electron chi connectivity index (χ1n) is 9.18. The van der Waals surface area contributed by atoms with E-state index in [1.165, 1.54) is 4.90 Å². The molecule has 4 aromatic rings. The van der Waals surface area contributed by atoms with Crippen molar-refractivity contribution in [2.75, 3.05) is 13.6 Å². The highest BCUT2D eigenvalue weighted by atomic mass is 16.5. The minimum atomic E-state index is -1.63. The molecule has 1 saturated heterocycles. The van der Waals surface area contributed by atoms with E-state index in [1.807, 2.05) is 36.5 Å². The van der Waals surface area contributed by atoms with Gasteiger partial charge in [0.1, 0.15) is 5.69 Å². The number of hydrogen-bond acceptors (Lipinski definition) is 4. The van der Waals surface area contributed by atoms with Crippen molar-refractivity contribution in [1.29, 1.82) is 0 Å². The third-order valence-corrected chi connectivity index (χ3v) is 5.49. The number of aromatic nitrogens is 2. The van der Waals surface area contributed by atoms with Gasteiger partial charge in [0.2, 0.25) is 5.60 Å². The first kappa shape index (κ1) is 16.8. The lowest BCUT2D eigenvalue weighted by Gasteiger charge is -2.16. The largest absolute Gasteiger partial charge is 0.373 e. The normalized spacial score (nSPS) is 19.6. The second-order valence-electron chi connectivity index (χ2n) is 7.24. The minimum Gasteiger partial charge on any atom is -0.373 e. The van der Waals surface area contributed by atoms with Crippen molar-refractivity contribution in [2.45, 2.75) is 12.0 Å². The highest BCUT2D eigenvalue weighted by Gasteiger charge is 2.48. The molecule has 2 aromatic heterocycles. The molecule has 6 nitrogen and oxygen atoms in total. The van der Waals surface area contributed by atoms with Crippen molar-refractivity contribution >= 4 is 16.8 Å². The standard InChI is InChI=1S/C22H19N3O3/c1-25-11-9-22(27,21(25)26)20-13-19(24-28-20)15-5-2-4-14(12-15)16-6-3-7-18-17(16)8-10-23-18/h2-8,10,12-13,23,27H,9,11H2,1H3/t22-/m1/s1. The molecule has 1 aliphatic rings. The average Bonchev–Trinajstić information content (AvgIpc) is 3.45. The number of likely N-dealkylation sites (tertiary alicyclic amines) is 1. The van der Waals surface area contributed by atoms with Crippen molar-refractivity contribution < 1.29 is 14.4 Å². The fourth-order valence-electron chi connectivity index (χ4n) is 3.87. The number of carbonyl (C=O) groups excluding carboxylic acids is 1. The van der Waals surface area contributed by atoms with Crippen LogP contribution >= 0.6 is 0 Å². The van der Waals surface area contributed by atoms with Crippen LogP contribution < -0.4 is 0 Å². The number of amides is 1. The van der Waals surface area contributed by atoms with Gasteiger partial charge in [-0.05, 0) is 29.3 Å². The van der Waals surface area contributed by atoms with Gasteiger partial charge in [-0.3, -0.25) is 4.79 Å². The predicted molar refractivity (Wildman–Crippen MR) is 105 cm³/mol. The molecule has 6 heteroatoms. The molecule has 0 spiro atoms. The van der Waals surface area contributed by atoms with Crippen LogP contribution in [-0.2, 0) is 10.4 Å². The van der Waals surface area contributed by atoms with Crippen LogP contribution in [-0.4, -0.2) is 39.6 Å². The Morgan fingerprint density at radius 1 is 1.14 bits per heavy atom. The molecule has 0 unspecified atom stereocenters. The number of aliphatic hydroxyl groups is 1. The maximum atomic E-state index is 12.3. The Bertz CT molecular complexity index is 1190. The van der Waals surface area contributed by atoms with Crippen LogP contribution in [0.15, 0.2) is 65.3 Å². The van der Waals surface area contributed by atoms with Gasteiger partial charge in [0, 0.05) is 48.7 Å². The monoisotopic (exact) mass is 373 g/mol. The topological polar surface area (TPSA) is 82.4 Å². The third kappa shape index (κ3) is 2.46. The molecule has 0 bridgehead atoms. The lowest BCUT2D eigenvalue weighted by molar-refractivity contribution is -0.144. The summed E-state index contributed by atoms with van der Waals surface area (Å²) >= 11 is 0. The van der Waals surface area contributed by atoms with Gasteiger partial charge in [-0.2, -0.15) is 0 Å². The second-order valence-corrected chi connectivity index (χ2v) is 7.24. The Labute approximate surface area is 161 Å². The summed E-state index contributed by atoms with van der Waals surface area (Å²) < 4.78 is 5.38. The zero-order valence-corrected chi connectivity index (χ0v) is 15.3. The number of benzene rings is 2. The van der Waals surface area contributed by atoms with E-state index >= 15 is 0 Å². The number of rotatable bonds is 3. The van der Waals surface area contributed by atoms with Crippen LogP contribution in [0.3, 0.4) is 0 Å². The van der Waals surface area contributed by atoms with Gasteiger partial charge in [-0.1, -0.05) is 35.5 Å². The van der Waals surface area contributed by atoms with Crippen LogP contribution in [0.1, 0.15) is 12.2 Å². The lowest BCUT2D eigenvalue weighted by Crippen LogP contribution is -2.35. The van der Waals surface area contributed by atoms with Gasteiger partial charge in [-0.25, -0.2) is 0 Å². The van der Waals surface area contributed by atoms with Crippen LogP contribution in [0.25, 0.3) is 33.3 Å². The first-order chi connectivity index (χ1) is 13.6. The van der Waals surface area contributed by atoms with Crippen LogP contribution in [0, 0.1) is 0 Å². The maximum absolute atomic E-state index is 12.3. The van der Waals surface area contributed by atoms with Crippen LogP contribution in [0.2, 0.25) is 0 Å². The van der Waals surface area contributed by atoms with E-state index in [0.717, 1.165) is 27.6 Å². The van der Waals surface area contributed by atoms with E-state index in [2.05, 4.69) is 28.3 Å². The lowest BCUT2D eigenvalue weighted by atomic mass is 9.96. The van der Waals surface area contributed by atoms with Crippen molar-refractivity contribution in [3.8, 4) is 22.4 Å². The Morgan fingerprint density at radius 2 is 1.96 bits per heavy atom. The van der Waals surface area contributed by atoms with Crippen molar-refractivity contribution in [3.05, 3.63) is 66.6 Å². The van der Waals surface area contributed by atoms with E-state index in [4.69, 9.17) is 4.52 Å². The molecule has 1 aliphatic heterocycles. The summed E-state index contributed by atoms with van der Waals surface area (Å²) in [5, 5.41) is 16.0. The smallest absolute Gasteiger partial charge is 0.262 e. The Hall–Kier alpha value is -3.38. The van der Waals surface area contributed by atoms with Crippen molar-refractivity contribution in [3.63, 3.8) is 0 Å². The van der Waals surface area contributed by atoms with Crippen LogP contribution in [0.4, 0.5) is 0 Å². The summed E-state index contributed by atoms with van der Waals surface area (Å²) in [4.78, 5) is 17.0. The SMILES string of the molecule is CN1CC[C@@](O)(c2cc(-c3cccc(-c4cccc5[nH]ccc45)c3)no2)C1=O. The summed E-state index contributed by atoms with van der Waals surface area (Å²) in [5.41, 5.74) is 3.08. The highest BCUT2D eigenvalue weighted by molar-refractivity contribution is 5.95. The third-order valence-electron chi connectivity index (χ3n) is 5.49. The molecule has 5 rings (SSSR count). The quantitative estimate of drug-likeness (QED) is 0.575. The number of nitrogens with zero attached hydrogens (tertiary/aromatic N) is 2. The zero-order valence-electron chi connectivity index (χ0n) is 15.3. The van der Waals surface area contributed by atoms with Crippen molar-refractivity contribution in [1.82, 2.24) is 15.0 Å². The molecule has 3 heterocycles. The molecule has 28 heavy (non-hydrogen) atoms. The average molecular weight is 373 g/mol. The summed E-state index contributed by atoms with van der Waals surface area (Å²) in [7, 11) is 1.67. The molecule has 0 aliphatic carbocycles. The molecule has 2 aromatic carbocycles. The number of likely N-dealkylation sites (N-methyl/N-ethyl adjacent to an activating group) is 1. The molecule has 1 amide bonds. The van der Waals surface area contributed by atoms with Gasteiger partial charge in [0.05, 0.1) is 0 Å². The molecule has 1 fully saturated rings. The van der Waals surface area contributed by atoms with E-state index < -0.39 is 5.60 Å². The summed E-state index contributed by atoms with van der Waals surface area (Å²) in [6.45, 7) is 0.488. The maximum Gasteiger partial charge on any atom is 0.262 e. The van der Waals surface area contributed by atoms with Crippen LogP contribution in [0.5, 0.6) is 0 Å². The van der Waals surface area contributed by atoms with Gasteiger partial charge in [0.15, 0.2) is 5.76 Å². The van der Waals surface area contributed by atoms with Gasteiger partial charge >= 0.3 is 0 Å². The Kier molecular flexibility index (Phi) is 3.64. The first-order valence-corrected chi connectivity index (χ1v) is 9.18. The predicted octanol–water partition coefficient (Wildman–Crippen LogP) is 3.54. The van der Waals surface area contributed by atoms with Crippen molar-refractivity contribution in [2.24, 2.45) is 0 Å². The molecule has 140 valence electrons. The number of aromatic amines is 1. The molecule has 2 N–H and O–H groups in total. The van der Waals surface area contributed by atoms with Gasteiger partial charge in [0.25, 0.3) is 5.91 Å². The second kappa shape index (κ2) is 6.07. The van der Waals surface area contributed by atoms with E-state index in [9.17, 15) is 9.90 Å². The summed E-state index contributed by atoms with van der Waals surface area (Å²) in [6, 6.07) is 17.9. The number of H-pyrrole nitrogens is 1. The number of nitrogens with one attached hydrogen (secondary N) is 1. The summed E-state index contributed by atoms with van der Waals surface area (Å²) in [6.07, 6.45) is 2.23. The number of carbonyl (C=O) groups is 1. The molecule has 0 radical (unpaired) electrons.